The average molecular weight is 278 g/mol. The van der Waals surface area contributed by atoms with E-state index in [1.54, 1.807) is 18.2 Å². The highest BCUT2D eigenvalue weighted by Crippen LogP contribution is 2.37. The van der Waals surface area contributed by atoms with Gasteiger partial charge in [-0.3, -0.25) is 4.79 Å². The number of fused-ring (bicyclic) bond motifs is 1. The van der Waals surface area contributed by atoms with Gasteiger partial charge in [0.1, 0.15) is 10.6 Å². The van der Waals surface area contributed by atoms with Crippen LogP contribution in [0.4, 0.5) is 0 Å². The fraction of sp³-hybridized carbons (Fsp3) is 0. The van der Waals surface area contributed by atoms with E-state index in [1.165, 1.54) is 11.3 Å². The maximum Gasteiger partial charge on any atom is 0.260 e. The zero-order valence-electron chi connectivity index (χ0n) is 9.11. The van der Waals surface area contributed by atoms with Crippen molar-refractivity contribution in [3.63, 3.8) is 0 Å². The summed E-state index contributed by atoms with van der Waals surface area (Å²) in [5, 5.41) is 10.8. The summed E-state index contributed by atoms with van der Waals surface area (Å²) < 4.78 is 0.529. The molecule has 90 valence electrons. The van der Waals surface area contributed by atoms with Crippen LogP contribution in [-0.2, 0) is 0 Å². The monoisotopic (exact) mass is 277 g/mol. The van der Waals surface area contributed by atoms with Gasteiger partial charge in [-0.1, -0.05) is 41.9 Å². The van der Waals surface area contributed by atoms with E-state index in [4.69, 9.17) is 11.6 Å². The minimum Gasteiger partial charge on any atom is -0.506 e. The summed E-state index contributed by atoms with van der Waals surface area (Å²) in [6, 6.07) is 10.7. The number of aromatic amines is 1. The molecule has 0 saturated carbocycles. The minimum atomic E-state index is -0.315. The number of hydrogen-bond acceptors (Lipinski definition) is 3. The van der Waals surface area contributed by atoms with Crippen LogP contribution in [-0.4, -0.2) is 10.1 Å². The quantitative estimate of drug-likeness (QED) is 0.714. The summed E-state index contributed by atoms with van der Waals surface area (Å²) in [6.45, 7) is 0. The van der Waals surface area contributed by atoms with Gasteiger partial charge in [-0.15, -0.1) is 11.3 Å². The fourth-order valence-electron chi connectivity index (χ4n) is 1.91. The first-order valence-electron chi connectivity index (χ1n) is 5.26. The highest BCUT2D eigenvalue weighted by molar-refractivity contribution is 7.22. The molecular weight excluding hydrogens is 270 g/mol. The number of halogens is 1. The highest BCUT2D eigenvalue weighted by Gasteiger charge is 2.15. The number of H-pyrrole nitrogens is 1. The van der Waals surface area contributed by atoms with Crippen LogP contribution in [0.3, 0.4) is 0 Å². The molecule has 0 amide bonds. The van der Waals surface area contributed by atoms with Crippen LogP contribution in [0.25, 0.3) is 21.3 Å². The van der Waals surface area contributed by atoms with E-state index in [1.807, 2.05) is 18.2 Å². The number of nitrogens with one attached hydrogen (secondary N) is 1. The Morgan fingerprint density at radius 1 is 1.22 bits per heavy atom. The van der Waals surface area contributed by atoms with E-state index in [9.17, 15) is 9.90 Å². The van der Waals surface area contributed by atoms with Crippen molar-refractivity contribution < 1.29 is 5.11 Å². The average Bonchev–Trinajstić information content (AvgIpc) is 2.71. The topological polar surface area (TPSA) is 53.1 Å². The Morgan fingerprint density at radius 2 is 1.94 bits per heavy atom. The normalized spacial score (nSPS) is 10.9. The minimum absolute atomic E-state index is 0.0249. The van der Waals surface area contributed by atoms with E-state index < -0.39 is 0 Å². The molecule has 2 N–H and O–H groups in total. The number of aromatic nitrogens is 1. The van der Waals surface area contributed by atoms with E-state index in [0.29, 0.717) is 20.1 Å². The molecule has 0 aliphatic rings. The summed E-state index contributed by atoms with van der Waals surface area (Å²) in [7, 11) is 0. The van der Waals surface area contributed by atoms with E-state index in [2.05, 4.69) is 4.98 Å². The summed E-state index contributed by atoms with van der Waals surface area (Å²) in [5.74, 6) is -0.0249. The standard InChI is InChI=1S/C13H8ClNO2S/c14-9-6-8-11(16)10(7-4-2-1-3-5-7)12(17)15-13(8)18-9/h1-6H,(H2,15,16,17). The molecule has 0 atom stereocenters. The SMILES string of the molecule is O=c1[nH]c2sc(Cl)cc2c(O)c1-c1ccccc1. The van der Waals surface area contributed by atoms with Crippen LogP contribution in [0.15, 0.2) is 41.2 Å². The Morgan fingerprint density at radius 3 is 2.67 bits per heavy atom. The Bertz CT molecular complexity index is 777. The van der Waals surface area contributed by atoms with Crippen molar-refractivity contribution >= 4 is 33.2 Å². The van der Waals surface area contributed by atoms with E-state index in [0.717, 1.165) is 0 Å². The maximum absolute atomic E-state index is 12.0. The number of benzene rings is 1. The van der Waals surface area contributed by atoms with Gasteiger partial charge in [-0.2, -0.15) is 0 Å². The lowest BCUT2D eigenvalue weighted by Gasteiger charge is -2.04. The lowest BCUT2D eigenvalue weighted by Crippen LogP contribution is -2.08. The third kappa shape index (κ3) is 1.70. The fourth-order valence-corrected chi connectivity index (χ4v) is 3.03. The van der Waals surface area contributed by atoms with Gasteiger partial charge in [0.05, 0.1) is 15.3 Å². The highest BCUT2D eigenvalue weighted by atomic mass is 35.5. The molecule has 3 nitrogen and oxygen atoms in total. The van der Waals surface area contributed by atoms with Crippen LogP contribution in [0.1, 0.15) is 0 Å². The van der Waals surface area contributed by atoms with Crippen molar-refractivity contribution in [3.05, 3.63) is 51.1 Å². The molecule has 2 heterocycles. The second kappa shape index (κ2) is 4.15. The molecule has 0 saturated heterocycles. The van der Waals surface area contributed by atoms with Crippen LogP contribution in [0, 0.1) is 0 Å². The van der Waals surface area contributed by atoms with Crippen LogP contribution >= 0.6 is 22.9 Å². The molecular formula is C13H8ClNO2S. The summed E-state index contributed by atoms with van der Waals surface area (Å²) in [4.78, 5) is 15.3. The second-order valence-electron chi connectivity index (χ2n) is 3.84. The number of hydrogen-bond donors (Lipinski definition) is 2. The van der Waals surface area contributed by atoms with E-state index >= 15 is 0 Å². The lowest BCUT2D eigenvalue weighted by molar-refractivity contribution is 0.482. The van der Waals surface area contributed by atoms with Gasteiger partial charge in [-0.25, -0.2) is 0 Å². The van der Waals surface area contributed by atoms with Crippen molar-refractivity contribution in [1.82, 2.24) is 4.98 Å². The summed E-state index contributed by atoms with van der Waals surface area (Å²) in [5.41, 5.74) is 0.641. The van der Waals surface area contributed by atoms with Crippen molar-refractivity contribution in [1.29, 1.82) is 0 Å². The molecule has 0 fully saturated rings. The van der Waals surface area contributed by atoms with Gasteiger partial charge >= 0.3 is 0 Å². The van der Waals surface area contributed by atoms with Crippen LogP contribution < -0.4 is 5.56 Å². The zero-order valence-corrected chi connectivity index (χ0v) is 10.7. The molecule has 0 radical (unpaired) electrons. The van der Waals surface area contributed by atoms with Crippen LogP contribution in [0.5, 0.6) is 5.75 Å². The molecule has 0 unspecified atom stereocenters. The number of aromatic hydroxyl groups is 1. The van der Waals surface area contributed by atoms with Gasteiger partial charge in [-0.05, 0) is 11.6 Å². The van der Waals surface area contributed by atoms with Crippen molar-refractivity contribution in [2.45, 2.75) is 0 Å². The molecule has 3 aromatic rings. The molecule has 5 heteroatoms. The predicted octanol–water partition coefficient (Wildman–Crippen LogP) is 3.62. The van der Waals surface area contributed by atoms with E-state index in [-0.39, 0.29) is 16.9 Å². The van der Waals surface area contributed by atoms with Crippen molar-refractivity contribution in [3.8, 4) is 16.9 Å². The molecule has 0 aliphatic heterocycles. The van der Waals surface area contributed by atoms with Gasteiger partial charge < -0.3 is 10.1 Å². The Labute approximate surface area is 111 Å². The Kier molecular flexibility index (Phi) is 2.61. The van der Waals surface area contributed by atoms with Crippen molar-refractivity contribution in [2.75, 3.05) is 0 Å². The van der Waals surface area contributed by atoms with Gasteiger partial charge in [0, 0.05) is 0 Å². The van der Waals surface area contributed by atoms with Gasteiger partial charge in [0.2, 0.25) is 0 Å². The largest absolute Gasteiger partial charge is 0.506 e. The molecule has 0 spiro atoms. The molecule has 0 aliphatic carbocycles. The molecule has 18 heavy (non-hydrogen) atoms. The van der Waals surface area contributed by atoms with Crippen LogP contribution in [0.2, 0.25) is 4.34 Å². The number of thiophene rings is 1. The third-order valence-corrected chi connectivity index (χ3v) is 3.89. The number of pyridine rings is 1. The first-order chi connectivity index (χ1) is 8.66. The molecule has 0 bridgehead atoms. The smallest absolute Gasteiger partial charge is 0.260 e. The predicted molar refractivity (Wildman–Crippen MR) is 74.6 cm³/mol. The first-order valence-corrected chi connectivity index (χ1v) is 6.46. The maximum atomic E-state index is 12.0. The van der Waals surface area contributed by atoms with Crippen molar-refractivity contribution in [2.24, 2.45) is 0 Å². The zero-order chi connectivity index (χ0) is 12.7. The Hall–Kier alpha value is -1.78. The van der Waals surface area contributed by atoms with Gasteiger partial charge in [0.15, 0.2) is 0 Å². The summed E-state index contributed by atoms with van der Waals surface area (Å²) >= 11 is 7.13. The molecule has 3 rings (SSSR count). The molecule has 2 aromatic heterocycles. The lowest BCUT2D eigenvalue weighted by atomic mass is 10.1. The van der Waals surface area contributed by atoms with Gasteiger partial charge in [0.25, 0.3) is 5.56 Å². The third-order valence-electron chi connectivity index (χ3n) is 2.71. The Balaban J connectivity index is 2.40. The first kappa shape index (κ1) is 11.3. The summed E-state index contributed by atoms with van der Waals surface area (Å²) in [6.07, 6.45) is 0. The molecule has 1 aromatic carbocycles. The second-order valence-corrected chi connectivity index (χ2v) is 5.52. The number of rotatable bonds is 1.